The van der Waals surface area contributed by atoms with Gasteiger partial charge in [-0.25, -0.2) is 9.97 Å². The van der Waals surface area contributed by atoms with Crippen LogP contribution in [-0.2, 0) is 17.6 Å². The predicted molar refractivity (Wildman–Crippen MR) is 104 cm³/mol. The average molecular weight is 376 g/mol. The van der Waals surface area contributed by atoms with Crippen LogP contribution in [0.4, 0.5) is 0 Å². The summed E-state index contributed by atoms with van der Waals surface area (Å²) in [4.78, 5) is 23.9. The Morgan fingerprint density at radius 2 is 2.16 bits per heavy atom. The van der Waals surface area contributed by atoms with Gasteiger partial charge in [0.1, 0.15) is 16.2 Å². The molecule has 1 saturated carbocycles. The van der Waals surface area contributed by atoms with Gasteiger partial charge in [-0.2, -0.15) is 0 Å². The molecule has 0 bridgehead atoms. The van der Waals surface area contributed by atoms with Crippen molar-refractivity contribution in [1.29, 1.82) is 0 Å². The molecule has 0 saturated heterocycles. The highest BCUT2D eigenvalue weighted by Gasteiger charge is 2.28. The highest BCUT2D eigenvalue weighted by atomic mass is 32.2. The molecule has 134 valence electrons. The van der Waals surface area contributed by atoms with Crippen LogP contribution < -0.4 is 5.32 Å². The van der Waals surface area contributed by atoms with Crippen molar-refractivity contribution in [1.82, 2.24) is 15.3 Å². The minimum atomic E-state index is 0.134. The van der Waals surface area contributed by atoms with E-state index in [1.54, 1.807) is 29.4 Å². The van der Waals surface area contributed by atoms with Crippen molar-refractivity contribution in [2.24, 2.45) is 11.8 Å². The maximum absolute atomic E-state index is 12.5. The molecule has 0 radical (unpaired) electrons. The zero-order valence-electron chi connectivity index (χ0n) is 14.9. The van der Waals surface area contributed by atoms with Gasteiger partial charge >= 0.3 is 0 Å². The topological polar surface area (TPSA) is 54.9 Å². The van der Waals surface area contributed by atoms with Gasteiger partial charge in [-0.1, -0.05) is 38.5 Å². The molecule has 4 rings (SSSR count). The van der Waals surface area contributed by atoms with Gasteiger partial charge in [-0.05, 0) is 43.1 Å². The van der Waals surface area contributed by atoms with Gasteiger partial charge in [0, 0.05) is 16.3 Å². The maximum atomic E-state index is 12.5. The van der Waals surface area contributed by atoms with Crippen molar-refractivity contribution in [3.63, 3.8) is 0 Å². The van der Waals surface area contributed by atoms with E-state index in [4.69, 9.17) is 0 Å². The summed E-state index contributed by atoms with van der Waals surface area (Å²) in [5, 5.41) is 5.45. The van der Waals surface area contributed by atoms with Gasteiger partial charge in [0.05, 0.1) is 5.75 Å². The third-order valence-electron chi connectivity index (χ3n) is 5.86. The zero-order valence-corrected chi connectivity index (χ0v) is 16.5. The summed E-state index contributed by atoms with van der Waals surface area (Å²) >= 11 is 3.36. The molecule has 1 N–H and O–H groups in total. The van der Waals surface area contributed by atoms with E-state index >= 15 is 0 Å². The first kappa shape index (κ1) is 17.3. The van der Waals surface area contributed by atoms with Gasteiger partial charge in [0.25, 0.3) is 0 Å². The van der Waals surface area contributed by atoms with E-state index in [-0.39, 0.29) is 5.91 Å². The average Bonchev–Trinajstić information content (AvgIpc) is 3.18. The van der Waals surface area contributed by atoms with Crippen molar-refractivity contribution < 1.29 is 4.79 Å². The number of nitrogens with zero attached hydrogens (tertiary/aromatic N) is 2. The van der Waals surface area contributed by atoms with Crippen LogP contribution in [0.3, 0.4) is 0 Å². The molecule has 2 heterocycles. The van der Waals surface area contributed by atoms with Crippen molar-refractivity contribution in [3.05, 3.63) is 16.8 Å². The Kier molecular flexibility index (Phi) is 5.00. The van der Waals surface area contributed by atoms with E-state index in [1.165, 1.54) is 41.5 Å². The van der Waals surface area contributed by atoms with Crippen LogP contribution in [0.1, 0.15) is 50.0 Å². The number of carbonyl (C=O) groups excluding carboxylic acids is 1. The second-order valence-electron chi connectivity index (χ2n) is 7.45. The molecule has 6 heteroatoms. The highest BCUT2D eigenvalue weighted by molar-refractivity contribution is 8.00. The number of thioether (sulfide) groups is 1. The van der Waals surface area contributed by atoms with Gasteiger partial charge in [0.15, 0.2) is 0 Å². The lowest BCUT2D eigenvalue weighted by Gasteiger charge is -2.34. The second kappa shape index (κ2) is 7.23. The number of aromatic nitrogens is 2. The first-order chi connectivity index (χ1) is 12.1. The normalized spacial score (nSPS) is 25.9. The standard InChI is InChI=1S/C19H25N3OS2/c1-11-5-3-7-14(12(11)2)22-16(23)9-24-18-17-13-6-4-8-15(13)25-19(17)21-10-20-18/h10-12,14H,3-9H2,1-2H3,(H,22,23). The summed E-state index contributed by atoms with van der Waals surface area (Å²) in [7, 11) is 0. The Morgan fingerprint density at radius 1 is 1.28 bits per heavy atom. The monoisotopic (exact) mass is 375 g/mol. The Balaban J connectivity index is 1.43. The van der Waals surface area contributed by atoms with E-state index in [0.717, 1.165) is 22.7 Å². The number of hydrogen-bond donors (Lipinski definition) is 1. The van der Waals surface area contributed by atoms with E-state index in [1.807, 2.05) is 0 Å². The minimum absolute atomic E-state index is 0.134. The van der Waals surface area contributed by atoms with Gasteiger partial charge in [-0.3, -0.25) is 4.79 Å². The smallest absolute Gasteiger partial charge is 0.230 e. The fourth-order valence-corrected chi connectivity index (χ4v) is 6.31. The largest absolute Gasteiger partial charge is 0.352 e. The first-order valence-corrected chi connectivity index (χ1v) is 11.1. The second-order valence-corrected chi connectivity index (χ2v) is 9.49. The van der Waals surface area contributed by atoms with Crippen molar-refractivity contribution in [2.45, 2.75) is 63.4 Å². The molecule has 2 aromatic rings. The maximum Gasteiger partial charge on any atom is 0.230 e. The van der Waals surface area contributed by atoms with Crippen molar-refractivity contribution in [2.75, 3.05) is 5.75 Å². The molecule has 25 heavy (non-hydrogen) atoms. The van der Waals surface area contributed by atoms with Gasteiger partial charge in [-0.15, -0.1) is 11.3 Å². The molecular weight excluding hydrogens is 350 g/mol. The quantitative estimate of drug-likeness (QED) is 0.642. The molecular formula is C19H25N3OS2. The van der Waals surface area contributed by atoms with Crippen LogP contribution in [0, 0.1) is 11.8 Å². The molecule has 1 fully saturated rings. The number of rotatable bonds is 4. The molecule has 2 aliphatic rings. The van der Waals surface area contributed by atoms with Crippen LogP contribution in [0.15, 0.2) is 11.4 Å². The minimum Gasteiger partial charge on any atom is -0.352 e. The zero-order chi connectivity index (χ0) is 17.4. The lowest BCUT2D eigenvalue weighted by Crippen LogP contribution is -2.44. The Bertz CT molecular complexity index is 788. The molecule has 0 aliphatic heterocycles. The summed E-state index contributed by atoms with van der Waals surface area (Å²) in [5.74, 6) is 1.83. The number of thiophene rings is 1. The summed E-state index contributed by atoms with van der Waals surface area (Å²) < 4.78 is 0. The van der Waals surface area contributed by atoms with Gasteiger partial charge in [0.2, 0.25) is 5.91 Å². The lowest BCUT2D eigenvalue weighted by atomic mass is 9.78. The lowest BCUT2D eigenvalue weighted by molar-refractivity contribution is -0.119. The Morgan fingerprint density at radius 3 is 3.04 bits per heavy atom. The van der Waals surface area contributed by atoms with E-state index in [9.17, 15) is 4.79 Å². The Labute approximate surface area is 157 Å². The fourth-order valence-electron chi connectivity index (χ4n) is 4.18. The molecule has 4 nitrogen and oxygen atoms in total. The molecule has 3 atom stereocenters. The molecule has 0 spiro atoms. The molecule has 2 aliphatic carbocycles. The Hall–Kier alpha value is -1.14. The number of hydrogen-bond acceptors (Lipinski definition) is 5. The number of fused-ring (bicyclic) bond motifs is 3. The first-order valence-electron chi connectivity index (χ1n) is 9.31. The summed E-state index contributed by atoms with van der Waals surface area (Å²) in [6.45, 7) is 4.57. The van der Waals surface area contributed by atoms with E-state index < -0.39 is 0 Å². The van der Waals surface area contributed by atoms with Crippen molar-refractivity contribution >= 4 is 39.2 Å². The van der Waals surface area contributed by atoms with Crippen LogP contribution >= 0.6 is 23.1 Å². The summed E-state index contributed by atoms with van der Waals surface area (Å²) in [6.07, 6.45) is 8.77. The molecule has 2 aromatic heterocycles. The number of nitrogens with one attached hydrogen (secondary N) is 1. The van der Waals surface area contributed by atoms with Crippen LogP contribution in [-0.4, -0.2) is 27.7 Å². The number of carbonyl (C=O) groups is 1. The van der Waals surface area contributed by atoms with E-state index in [2.05, 4.69) is 29.1 Å². The van der Waals surface area contributed by atoms with Crippen LogP contribution in [0.2, 0.25) is 0 Å². The summed E-state index contributed by atoms with van der Waals surface area (Å²) in [5.41, 5.74) is 1.43. The van der Waals surface area contributed by atoms with Crippen LogP contribution in [0.5, 0.6) is 0 Å². The third-order valence-corrected chi connectivity index (χ3v) is 8.05. The predicted octanol–water partition coefficient (Wildman–Crippen LogP) is 4.21. The molecule has 0 aromatic carbocycles. The van der Waals surface area contributed by atoms with E-state index in [0.29, 0.717) is 23.6 Å². The fraction of sp³-hybridized carbons (Fsp3) is 0.632. The third kappa shape index (κ3) is 3.43. The number of aryl methyl sites for hydroxylation is 2. The highest BCUT2D eigenvalue weighted by Crippen LogP contribution is 2.40. The van der Waals surface area contributed by atoms with Crippen molar-refractivity contribution in [3.8, 4) is 0 Å². The SMILES string of the molecule is CC1CCCC(NC(=O)CSc2ncnc3sc4c(c23)CCC4)C1C. The number of amides is 1. The van der Waals surface area contributed by atoms with Gasteiger partial charge < -0.3 is 5.32 Å². The molecule has 3 unspecified atom stereocenters. The molecule has 1 amide bonds. The summed E-state index contributed by atoms with van der Waals surface area (Å²) in [6, 6.07) is 0.327. The van der Waals surface area contributed by atoms with Crippen LogP contribution in [0.25, 0.3) is 10.2 Å².